The lowest BCUT2D eigenvalue weighted by atomic mass is 10.1. The second-order valence-electron chi connectivity index (χ2n) is 4.51. The molecule has 1 heterocycles. The maximum Gasteiger partial charge on any atom is 0.0192 e. The zero-order chi connectivity index (χ0) is 9.68. The summed E-state index contributed by atoms with van der Waals surface area (Å²) in [5.41, 5.74) is 0. The highest BCUT2D eigenvalue weighted by atomic mass is 15.2. The first-order valence-corrected chi connectivity index (χ1v) is 5.67. The molecule has 0 aromatic carbocycles. The largest absolute Gasteiger partial charge is 0.313 e. The van der Waals surface area contributed by atoms with E-state index in [4.69, 9.17) is 0 Å². The average molecular weight is 184 g/mol. The van der Waals surface area contributed by atoms with E-state index in [1.807, 2.05) is 0 Å². The van der Waals surface area contributed by atoms with Gasteiger partial charge in [-0.25, -0.2) is 0 Å². The van der Waals surface area contributed by atoms with Crippen molar-refractivity contribution < 1.29 is 0 Å². The number of nitrogens with one attached hydrogen (secondary N) is 1. The van der Waals surface area contributed by atoms with Crippen molar-refractivity contribution in [2.24, 2.45) is 0 Å². The first-order chi connectivity index (χ1) is 6.20. The smallest absolute Gasteiger partial charge is 0.0192 e. The zero-order valence-electron chi connectivity index (χ0n) is 9.34. The van der Waals surface area contributed by atoms with Gasteiger partial charge in [0.2, 0.25) is 0 Å². The van der Waals surface area contributed by atoms with Crippen LogP contribution in [-0.2, 0) is 0 Å². The van der Waals surface area contributed by atoms with Gasteiger partial charge in [-0.1, -0.05) is 20.3 Å². The fraction of sp³-hybridized carbons (Fsp3) is 1.00. The molecule has 0 amide bonds. The molecule has 1 atom stereocenters. The van der Waals surface area contributed by atoms with Gasteiger partial charge in [0.05, 0.1) is 0 Å². The van der Waals surface area contributed by atoms with Crippen molar-refractivity contribution in [3.63, 3.8) is 0 Å². The minimum atomic E-state index is 0.618. The van der Waals surface area contributed by atoms with Gasteiger partial charge >= 0.3 is 0 Å². The summed E-state index contributed by atoms with van der Waals surface area (Å²) >= 11 is 0. The van der Waals surface area contributed by atoms with Crippen molar-refractivity contribution in [1.29, 1.82) is 0 Å². The van der Waals surface area contributed by atoms with Crippen LogP contribution < -0.4 is 5.32 Å². The molecular weight excluding hydrogens is 160 g/mol. The second kappa shape index (κ2) is 5.61. The summed E-state index contributed by atoms with van der Waals surface area (Å²) in [5.74, 6) is 0. The standard InChI is InChI=1S/C11H24N2/c1-10(2)12-9-11(3)13-7-5-4-6-8-13/h10-12H,4-9H2,1-3H3. The van der Waals surface area contributed by atoms with Crippen LogP contribution in [0.25, 0.3) is 0 Å². The molecule has 0 radical (unpaired) electrons. The topological polar surface area (TPSA) is 15.3 Å². The van der Waals surface area contributed by atoms with Crippen LogP contribution in [-0.4, -0.2) is 36.6 Å². The molecule has 2 heteroatoms. The maximum absolute atomic E-state index is 3.50. The fourth-order valence-corrected chi connectivity index (χ4v) is 1.89. The molecule has 0 aromatic rings. The van der Waals surface area contributed by atoms with Crippen LogP contribution in [0.5, 0.6) is 0 Å². The van der Waals surface area contributed by atoms with E-state index in [9.17, 15) is 0 Å². The van der Waals surface area contributed by atoms with Gasteiger partial charge in [0.25, 0.3) is 0 Å². The average Bonchev–Trinajstić information content (AvgIpc) is 2.15. The Hall–Kier alpha value is -0.0800. The predicted octanol–water partition coefficient (Wildman–Crippen LogP) is 1.86. The maximum atomic E-state index is 3.50. The van der Waals surface area contributed by atoms with Crippen molar-refractivity contribution in [3.05, 3.63) is 0 Å². The molecule has 0 aliphatic carbocycles. The molecule has 2 nitrogen and oxygen atoms in total. The highest BCUT2D eigenvalue weighted by Gasteiger charge is 2.15. The summed E-state index contributed by atoms with van der Waals surface area (Å²) in [4.78, 5) is 2.61. The molecule has 1 fully saturated rings. The molecule has 0 saturated carbocycles. The van der Waals surface area contributed by atoms with Gasteiger partial charge in [0.1, 0.15) is 0 Å². The van der Waals surface area contributed by atoms with Crippen molar-refractivity contribution in [2.45, 2.75) is 52.1 Å². The van der Waals surface area contributed by atoms with Crippen LogP contribution in [0, 0.1) is 0 Å². The van der Waals surface area contributed by atoms with Gasteiger partial charge in [-0.2, -0.15) is 0 Å². The van der Waals surface area contributed by atoms with Crippen molar-refractivity contribution in [2.75, 3.05) is 19.6 Å². The molecule has 78 valence electrons. The second-order valence-corrected chi connectivity index (χ2v) is 4.51. The summed E-state index contributed by atoms with van der Waals surface area (Å²) in [6.07, 6.45) is 4.22. The van der Waals surface area contributed by atoms with Gasteiger partial charge in [-0.05, 0) is 32.9 Å². The first kappa shape index (κ1) is 11.0. The number of rotatable bonds is 4. The van der Waals surface area contributed by atoms with Crippen molar-refractivity contribution >= 4 is 0 Å². The Morgan fingerprint density at radius 1 is 1.08 bits per heavy atom. The van der Waals surface area contributed by atoms with Gasteiger partial charge in [0, 0.05) is 18.6 Å². The van der Waals surface area contributed by atoms with Gasteiger partial charge < -0.3 is 5.32 Å². The molecule has 1 saturated heterocycles. The molecule has 0 aromatic heterocycles. The van der Waals surface area contributed by atoms with Crippen LogP contribution in [0.1, 0.15) is 40.0 Å². The SMILES string of the molecule is CC(C)NCC(C)N1CCCCC1. The third-order valence-electron chi connectivity index (χ3n) is 2.84. The van der Waals surface area contributed by atoms with E-state index in [1.54, 1.807) is 0 Å². The molecular formula is C11H24N2. The third-order valence-corrected chi connectivity index (χ3v) is 2.84. The Morgan fingerprint density at radius 3 is 2.23 bits per heavy atom. The molecule has 1 aliphatic rings. The number of piperidine rings is 1. The van der Waals surface area contributed by atoms with E-state index in [1.165, 1.54) is 32.4 Å². The lowest BCUT2D eigenvalue weighted by Gasteiger charge is -2.32. The van der Waals surface area contributed by atoms with Crippen LogP contribution in [0.2, 0.25) is 0 Å². The summed E-state index contributed by atoms with van der Waals surface area (Å²) < 4.78 is 0. The Balaban J connectivity index is 2.17. The highest BCUT2D eigenvalue weighted by Crippen LogP contribution is 2.11. The van der Waals surface area contributed by atoms with Crippen LogP contribution in [0.3, 0.4) is 0 Å². The highest BCUT2D eigenvalue weighted by molar-refractivity contribution is 4.73. The molecule has 1 unspecified atom stereocenters. The molecule has 1 N–H and O–H groups in total. The number of likely N-dealkylation sites (tertiary alicyclic amines) is 1. The van der Waals surface area contributed by atoms with Crippen LogP contribution >= 0.6 is 0 Å². The molecule has 0 bridgehead atoms. The van der Waals surface area contributed by atoms with E-state index < -0.39 is 0 Å². The number of nitrogens with zero attached hydrogens (tertiary/aromatic N) is 1. The van der Waals surface area contributed by atoms with E-state index in [2.05, 4.69) is 31.0 Å². The minimum absolute atomic E-state index is 0.618. The summed E-state index contributed by atoms with van der Waals surface area (Å²) in [7, 11) is 0. The zero-order valence-corrected chi connectivity index (χ0v) is 9.34. The molecule has 1 aliphatic heterocycles. The minimum Gasteiger partial charge on any atom is -0.313 e. The Morgan fingerprint density at radius 2 is 1.69 bits per heavy atom. The lowest BCUT2D eigenvalue weighted by Crippen LogP contribution is -2.44. The van der Waals surface area contributed by atoms with Gasteiger partial charge in [-0.15, -0.1) is 0 Å². The third kappa shape index (κ3) is 4.10. The summed E-state index contributed by atoms with van der Waals surface area (Å²) in [6, 6.07) is 1.33. The van der Waals surface area contributed by atoms with E-state index in [0.717, 1.165) is 6.54 Å². The number of hydrogen-bond acceptors (Lipinski definition) is 2. The molecule has 13 heavy (non-hydrogen) atoms. The van der Waals surface area contributed by atoms with E-state index >= 15 is 0 Å². The quantitative estimate of drug-likeness (QED) is 0.717. The molecule has 0 spiro atoms. The van der Waals surface area contributed by atoms with Gasteiger partial charge in [-0.3, -0.25) is 4.90 Å². The van der Waals surface area contributed by atoms with Crippen LogP contribution in [0.15, 0.2) is 0 Å². The van der Waals surface area contributed by atoms with Crippen LogP contribution in [0.4, 0.5) is 0 Å². The first-order valence-electron chi connectivity index (χ1n) is 5.67. The monoisotopic (exact) mass is 184 g/mol. The van der Waals surface area contributed by atoms with E-state index in [0.29, 0.717) is 12.1 Å². The fourth-order valence-electron chi connectivity index (χ4n) is 1.89. The number of hydrogen-bond donors (Lipinski definition) is 1. The Labute approximate surface area is 82.7 Å². The summed E-state index contributed by atoms with van der Waals surface area (Å²) in [6.45, 7) is 10.5. The van der Waals surface area contributed by atoms with Gasteiger partial charge in [0.15, 0.2) is 0 Å². The van der Waals surface area contributed by atoms with E-state index in [-0.39, 0.29) is 0 Å². The summed E-state index contributed by atoms with van der Waals surface area (Å²) in [5, 5.41) is 3.50. The Kier molecular flexibility index (Phi) is 4.74. The predicted molar refractivity (Wildman–Crippen MR) is 58.0 cm³/mol. The lowest BCUT2D eigenvalue weighted by molar-refractivity contribution is 0.169. The van der Waals surface area contributed by atoms with Crippen molar-refractivity contribution in [3.8, 4) is 0 Å². The molecule has 1 rings (SSSR count). The van der Waals surface area contributed by atoms with Crippen molar-refractivity contribution in [1.82, 2.24) is 10.2 Å². The Bertz CT molecular complexity index is 128. The normalized spacial score (nSPS) is 22.2.